The molecule has 0 aromatic carbocycles. The summed E-state index contributed by atoms with van der Waals surface area (Å²) in [5.74, 6) is 1.14. The first-order valence-corrected chi connectivity index (χ1v) is 5.95. The minimum Gasteiger partial charge on any atom is -0.381 e. The minimum absolute atomic E-state index is 0.000591. The molecule has 1 aliphatic rings. The highest BCUT2D eigenvalue weighted by molar-refractivity contribution is 5.01. The Morgan fingerprint density at radius 2 is 2.41 bits per heavy atom. The van der Waals surface area contributed by atoms with Gasteiger partial charge in [0.05, 0.1) is 12.5 Å². The Morgan fingerprint density at radius 1 is 1.59 bits per heavy atom. The van der Waals surface area contributed by atoms with Gasteiger partial charge in [-0.2, -0.15) is 4.98 Å². The summed E-state index contributed by atoms with van der Waals surface area (Å²) in [6.07, 6.45) is 1.51. The van der Waals surface area contributed by atoms with Crippen molar-refractivity contribution in [3.8, 4) is 0 Å². The smallest absolute Gasteiger partial charge is 0.233 e. The van der Waals surface area contributed by atoms with Crippen molar-refractivity contribution >= 4 is 0 Å². The fourth-order valence-electron chi connectivity index (χ4n) is 1.99. The molecule has 2 N–H and O–H groups in total. The molecule has 1 aromatic heterocycles. The summed E-state index contributed by atoms with van der Waals surface area (Å²) in [6, 6.07) is 0.0275. The zero-order valence-electron chi connectivity index (χ0n) is 10.3. The number of rotatable bonds is 4. The zero-order valence-corrected chi connectivity index (χ0v) is 10.3. The third-order valence-corrected chi connectivity index (χ3v) is 3.13. The fourth-order valence-corrected chi connectivity index (χ4v) is 1.99. The van der Waals surface area contributed by atoms with E-state index in [0.717, 1.165) is 12.8 Å². The molecule has 0 spiro atoms. The first-order valence-electron chi connectivity index (χ1n) is 5.95. The second kappa shape index (κ2) is 5.57. The molecule has 0 bridgehead atoms. The summed E-state index contributed by atoms with van der Waals surface area (Å²) >= 11 is 0. The van der Waals surface area contributed by atoms with Gasteiger partial charge in [-0.15, -0.1) is 0 Å². The lowest BCUT2D eigenvalue weighted by Gasteiger charge is -2.25. The van der Waals surface area contributed by atoms with Gasteiger partial charge >= 0.3 is 0 Å². The van der Waals surface area contributed by atoms with Crippen molar-refractivity contribution in [3.63, 3.8) is 0 Å². The van der Waals surface area contributed by atoms with Gasteiger partial charge in [0, 0.05) is 19.8 Å². The highest BCUT2D eigenvalue weighted by Crippen LogP contribution is 2.25. The Balaban J connectivity index is 2.11. The zero-order chi connectivity index (χ0) is 12.3. The molecule has 17 heavy (non-hydrogen) atoms. The standard InChI is InChI=1S/C11H19N3O3/c1-3-9(15-2)10-13-11(17-14-10)7-6-16-5-4-8(7)12/h7-9H,3-6,12H2,1-2H3. The number of ether oxygens (including phenoxy) is 2. The molecule has 1 saturated heterocycles. The average molecular weight is 241 g/mol. The second-order valence-corrected chi connectivity index (χ2v) is 4.26. The Labute approximate surface area is 100 Å². The Hall–Kier alpha value is -0.980. The van der Waals surface area contributed by atoms with E-state index in [1.165, 1.54) is 0 Å². The van der Waals surface area contributed by atoms with Gasteiger partial charge in [0.25, 0.3) is 0 Å². The van der Waals surface area contributed by atoms with Crippen LogP contribution in [-0.2, 0) is 9.47 Å². The van der Waals surface area contributed by atoms with Crippen LogP contribution in [0.2, 0.25) is 0 Å². The van der Waals surface area contributed by atoms with Crippen molar-refractivity contribution in [2.75, 3.05) is 20.3 Å². The Bertz CT molecular complexity index is 351. The van der Waals surface area contributed by atoms with E-state index in [2.05, 4.69) is 10.1 Å². The van der Waals surface area contributed by atoms with Gasteiger partial charge in [-0.05, 0) is 12.8 Å². The molecule has 1 aliphatic heterocycles. The van der Waals surface area contributed by atoms with Crippen LogP contribution in [-0.4, -0.2) is 36.5 Å². The summed E-state index contributed by atoms with van der Waals surface area (Å²) in [7, 11) is 1.64. The summed E-state index contributed by atoms with van der Waals surface area (Å²) in [5, 5.41) is 3.95. The van der Waals surface area contributed by atoms with E-state index in [1.54, 1.807) is 7.11 Å². The van der Waals surface area contributed by atoms with Crippen LogP contribution >= 0.6 is 0 Å². The van der Waals surface area contributed by atoms with Crippen molar-refractivity contribution in [1.82, 2.24) is 10.1 Å². The lowest BCUT2D eigenvalue weighted by Crippen LogP contribution is -2.37. The quantitative estimate of drug-likeness (QED) is 0.846. The molecule has 1 aromatic rings. The van der Waals surface area contributed by atoms with E-state index < -0.39 is 0 Å². The maximum Gasteiger partial charge on any atom is 0.233 e. The molecule has 3 unspecified atom stereocenters. The first-order chi connectivity index (χ1) is 8.26. The van der Waals surface area contributed by atoms with Gasteiger partial charge in [-0.3, -0.25) is 0 Å². The lowest BCUT2D eigenvalue weighted by molar-refractivity contribution is 0.0589. The summed E-state index contributed by atoms with van der Waals surface area (Å²) in [4.78, 5) is 4.36. The van der Waals surface area contributed by atoms with Crippen LogP contribution in [0.25, 0.3) is 0 Å². The van der Waals surface area contributed by atoms with Crippen LogP contribution in [0, 0.1) is 0 Å². The molecular weight excluding hydrogens is 222 g/mol. The van der Waals surface area contributed by atoms with E-state index in [-0.39, 0.29) is 18.1 Å². The normalized spacial score (nSPS) is 27.0. The van der Waals surface area contributed by atoms with E-state index >= 15 is 0 Å². The SMILES string of the molecule is CCC(OC)c1noc(C2COCCC2N)n1. The fraction of sp³-hybridized carbons (Fsp3) is 0.818. The lowest BCUT2D eigenvalue weighted by atomic mass is 9.97. The molecule has 6 heteroatoms. The molecule has 0 aliphatic carbocycles. The molecule has 0 saturated carbocycles. The third-order valence-electron chi connectivity index (χ3n) is 3.13. The van der Waals surface area contributed by atoms with E-state index in [1.807, 2.05) is 6.92 Å². The summed E-state index contributed by atoms with van der Waals surface area (Å²) in [6.45, 7) is 3.26. The van der Waals surface area contributed by atoms with Crippen LogP contribution in [0.1, 0.15) is 43.5 Å². The number of methoxy groups -OCH3 is 1. The summed E-state index contributed by atoms with van der Waals surface area (Å²) in [5.41, 5.74) is 6.02. The second-order valence-electron chi connectivity index (χ2n) is 4.26. The van der Waals surface area contributed by atoms with E-state index in [0.29, 0.717) is 24.9 Å². The third kappa shape index (κ3) is 2.65. The predicted octanol–water partition coefficient (Wildman–Crippen LogP) is 0.998. The van der Waals surface area contributed by atoms with Crippen LogP contribution in [0.15, 0.2) is 4.52 Å². The Morgan fingerprint density at radius 3 is 3.06 bits per heavy atom. The largest absolute Gasteiger partial charge is 0.381 e. The number of nitrogens with zero attached hydrogens (tertiary/aromatic N) is 2. The Kier molecular flexibility index (Phi) is 4.09. The molecular formula is C11H19N3O3. The molecule has 0 amide bonds. The number of aromatic nitrogens is 2. The van der Waals surface area contributed by atoms with E-state index in [4.69, 9.17) is 19.7 Å². The van der Waals surface area contributed by atoms with Gasteiger partial charge in [0.15, 0.2) is 0 Å². The molecule has 0 radical (unpaired) electrons. The van der Waals surface area contributed by atoms with Gasteiger partial charge < -0.3 is 19.7 Å². The molecule has 96 valence electrons. The van der Waals surface area contributed by atoms with Gasteiger partial charge in [0.1, 0.15) is 6.10 Å². The molecule has 2 heterocycles. The van der Waals surface area contributed by atoms with Crippen LogP contribution < -0.4 is 5.73 Å². The van der Waals surface area contributed by atoms with Crippen molar-refractivity contribution in [1.29, 1.82) is 0 Å². The van der Waals surface area contributed by atoms with Crippen molar-refractivity contribution in [3.05, 3.63) is 11.7 Å². The number of nitrogens with two attached hydrogens (primary N) is 1. The van der Waals surface area contributed by atoms with Crippen LogP contribution in [0.3, 0.4) is 0 Å². The highest BCUT2D eigenvalue weighted by Gasteiger charge is 2.30. The van der Waals surface area contributed by atoms with Crippen LogP contribution in [0.4, 0.5) is 0 Å². The summed E-state index contributed by atoms with van der Waals surface area (Å²) < 4.78 is 15.9. The molecule has 1 fully saturated rings. The number of hydrogen-bond donors (Lipinski definition) is 1. The number of hydrogen-bond acceptors (Lipinski definition) is 6. The van der Waals surface area contributed by atoms with Gasteiger partial charge in [0.2, 0.25) is 11.7 Å². The van der Waals surface area contributed by atoms with Crippen LogP contribution in [0.5, 0.6) is 0 Å². The maximum atomic E-state index is 6.02. The predicted molar refractivity (Wildman–Crippen MR) is 60.5 cm³/mol. The van der Waals surface area contributed by atoms with Crippen molar-refractivity contribution in [2.45, 2.75) is 37.8 Å². The molecule has 2 rings (SSSR count). The molecule has 3 atom stereocenters. The van der Waals surface area contributed by atoms with Crippen molar-refractivity contribution < 1.29 is 14.0 Å². The van der Waals surface area contributed by atoms with Gasteiger partial charge in [-0.25, -0.2) is 0 Å². The first kappa shape index (κ1) is 12.5. The average Bonchev–Trinajstić information content (AvgIpc) is 2.81. The van der Waals surface area contributed by atoms with Gasteiger partial charge in [-0.1, -0.05) is 12.1 Å². The van der Waals surface area contributed by atoms with E-state index in [9.17, 15) is 0 Å². The monoisotopic (exact) mass is 241 g/mol. The van der Waals surface area contributed by atoms with Crippen molar-refractivity contribution in [2.24, 2.45) is 5.73 Å². The topological polar surface area (TPSA) is 83.4 Å². The maximum absolute atomic E-state index is 6.02. The molecule has 6 nitrogen and oxygen atoms in total. The minimum atomic E-state index is -0.117. The highest BCUT2D eigenvalue weighted by atomic mass is 16.5.